The summed E-state index contributed by atoms with van der Waals surface area (Å²) in [6.07, 6.45) is 0. The van der Waals surface area contributed by atoms with Crippen molar-refractivity contribution in [2.75, 3.05) is 5.32 Å². The van der Waals surface area contributed by atoms with Crippen molar-refractivity contribution in [2.24, 2.45) is 0 Å². The number of anilines is 1. The normalized spacial score (nSPS) is 12.5. The Hall–Kier alpha value is -1.66. The standard InChI is InChI=1S/C4H7N5O2/c1-2(3(10)11)5-4-6-8-9-7-4/h2H,1H3,(H,10,11)(H2,5,6,7,8,9)/t2-/m1/s1. The number of hydrogen-bond donors (Lipinski definition) is 3. The van der Waals surface area contributed by atoms with Crippen LogP contribution in [0.25, 0.3) is 0 Å². The van der Waals surface area contributed by atoms with E-state index in [1.165, 1.54) is 6.92 Å². The predicted molar refractivity (Wildman–Crippen MR) is 34.9 cm³/mol. The molecule has 0 unspecified atom stereocenters. The molecule has 60 valence electrons. The molecule has 1 rings (SSSR count). The van der Waals surface area contributed by atoms with Gasteiger partial charge in [0, 0.05) is 0 Å². The Morgan fingerprint density at radius 2 is 2.55 bits per heavy atom. The van der Waals surface area contributed by atoms with Crippen molar-refractivity contribution < 1.29 is 9.90 Å². The molecule has 0 fully saturated rings. The van der Waals surface area contributed by atoms with Crippen molar-refractivity contribution in [1.29, 1.82) is 0 Å². The molecular formula is C4H7N5O2. The zero-order chi connectivity index (χ0) is 8.27. The smallest absolute Gasteiger partial charge is 0.325 e. The number of rotatable bonds is 3. The van der Waals surface area contributed by atoms with Gasteiger partial charge in [0.2, 0.25) is 5.95 Å². The van der Waals surface area contributed by atoms with Crippen LogP contribution in [0.4, 0.5) is 5.95 Å². The summed E-state index contributed by atoms with van der Waals surface area (Å²) in [5, 5.41) is 23.3. The van der Waals surface area contributed by atoms with E-state index in [4.69, 9.17) is 5.11 Å². The highest BCUT2D eigenvalue weighted by atomic mass is 16.4. The maximum Gasteiger partial charge on any atom is 0.325 e. The molecule has 3 N–H and O–H groups in total. The highest BCUT2D eigenvalue weighted by Crippen LogP contribution is 1.94. The fraction of sp³-hybridized carbons (Fsp3) is 0.500. The van der Waals surface area contributed by atoms with Gasteiger partial charge in [-0.15, -0.1) is 0 Å². The zero-order valence-corrected chi connectivity index (χ0v) is 5.77. The van der Waals surface area contributed by atoms with Gasteiger partial charge in [0.25, 0.3) is 0 Å². The third-order valence-corrected chi connectivity index (χ3v) is 1.07. The van der Waals surface area contributed by atoms with Crippen LogP contribution >= 0.6 is 0 Å². The van der Waals surface area contributed by atoms with Crippen molar-refractivity contribution in [3.8, 4) is 0 Å². The van der Waals surface area contributed by atoms with Gasteiger partial charge >= 0.3 is 5.97 Å². The summed E-state index contributed by atoms with van der Waals surface area (Å²) >= 11 is 0. The lowest BCUT2D eigenvalue weighted by Crippen LogP contribution is -2.25. The third-order valence-electron chi connectivity index (χ3n) is 1.07. The van der Waals surface area contributed by atoms with Crippen LogP contribution in [0.5, 0.6) is 0 Å². The second-order valence-electron chi connectivity index (χ2n) is 1.95. The van der Waals surface area contributed by atoms with E-state index in [2.05, 4.69) is 25.9 Å². The van der Waals surface area contributed by atoms with Gasteiger partial charge in [-0.05, 0) is 17.4 Å². The van der Waals surface area contributed by atoms with Gasteiger partial charge < -0.3 is 10.4 Å². The first-order valence-electron chi connectivity index (χ1n) is 2.93. The second kappa shape index (κ2) is 2.95. The molecule has 0 aliphatic heterocycles. The minimum Gasteiger partial charge on any atom is -0.480 e. The fourth-order valence-electron chi connectivity index (χ4n) is 0.487. The summed E-state index contributed by atoms with van der Waals surface area (Å²) < 4.78 is 0. The molecule has 0 spiro atoms. The van der Waals surface area contributed by atoms with Gasteiger partial charge in [-0.1, -0.05) is 5.10 Å². The van der Waals surface area contributed by atoms with E-state index < -0.39 is 12.0 Å². The monoisotopic (exact) mass is 157 g/mol. The molecule has 0 saturated heterocycles. The van der Waals surface area contributed by atoms with Crippen LogP contribution in [0.1, 0.15) is 6.92 Å². The minimum absolute atomic E-state index is 0.250. The zero-order valence-electron chi connectivity index (χ0n) is 5.77. The number of carboxylic acids is 1. The summed E-state index contributed by atoms with van der Waals surface area (Å²) in [6, 6.07) is -0.704. The molecular weight excluding hydrogens is 150 g/mol. The summed E-state index contributed by atoms with van der Waals surface area (Å²) in [5.41, 5.74) is 0. The number of nitrogens with zero attached hydrogens (tertiary/aromatic N) is 3. The lowest BCUT2D eigenvalue weighted by molar-refractivity contribution is -0.137. The molecule has 0 aliphatic carbocycles. The van der Waals surface area contributed by atoms with E-state index in [1.807, 2.05) is 0 Å². The molecule has 7 heteroatoms. The molecule has 7 nitrogen and oxygen atoms in total. The van der Waals surface area contributed by atoms with Crippen LogP contribution in [0, 0.1) is 0 Å². The molecule has 0 bridgehead atoms. The van der Waals surface area contributed by atoms with Crippen molar-refractivity contribution >= 4 is 11.9 Å². The largest absolute Gasteiger partial charge is 0.480 e. The van der Waals surface area contributed by atoms with E-state index in [1.54, 1.807) is 0 Å². The predicted octanol–water partition coefficient (Wildman–Crippen LogP) is -0.915. The summed E-state index contributed by atoms with van der Waals surface area (Å²) in [6.45, 7) is 1.49. The van der Waals surface area contributed by atoms with Gasteiger partial charge in [0.15, 0.2) is 0 Å². The number of aromatic amines is 1. The average molecular weight is 157 g/mol. The number of aromatic nitrogens is 4. The molecule has 1 atom stereocenters. The quantitative estimate of drug-likeness (QED) is 0.524. The number of hydrogen-bond acceptors (Lipinski definition) is 5. The van der Waals surface area contributed by atoms with Gasteiger partial charge in [-0.2, -0.15) is 0 Å². The van der Waals surface area contributed by atoms with Crippen LogP contribution in [-0.4, -0.2) is 37.7 Å². The van der Waals surface area contributed by atoms with Gasteiger partial charge in [0.1, 0.15) is 6.04 Å². The van der Waals surface area contributed by atoms with E-state index >= 15 is 0 Å². The molecule has 0 aliphatic rings. The van der Waals surface area contributed by atoms with E-state index in [-0.39, 0.29) is 5.95 Å². The minimum atomic E-state index is -0.957. The molecule has 0 amide bonds. The van der Waals surface area contributed by atoms with Crippen molar-refractivity contribution in [1.82, 2.24) is 20.6 Å². The first-order chi connectivity index (χ1) is 5.20. The topological polar surface area (TPSA) is 104 Å². The molecule has 1 aromatic rings. The summed E-state index contributed by atoms with van der Waals surface area (Å²) in [4.78, 5) is 10.3. The number of H-pyrrole nitrogens is 1. The Bertz CT molecular complexity index is 233. The second-order valence-corrected chi connectivity index (χ2v) is 1.95. The van der Waals surface area contributed by atoms with Crippen LogP contribution in [0.3, 0.4) is 0 Å². The first-order valence-corrected chi connectivity index (χ1v) is 2.93. The van der Waals surface area contributed by atoms with Crippen LogP contribution in [-0.2, 0) is 4.79 Å². The molecule has 0 aromatic carbocycles. The van der Waals surface area contributed by atoms with Crippen LogP contribution in [0.15, 0.2) is 0 Å². The Balaban J connectivity index is 2.50. The molecule has 1 aromatic heterocycles. The lowest BCUT2D eigenvalue weighted by Gasteiger charge is -2.04. The SMILES string of the molecule is C[C@@H](Nc1nnn[nH]1)C(=O)O. The van der Waals surface area contributed by atoms with E-state index in [9.17, 15) is 4.79 Å². The van der Waals surface area contributed by atoms with Crippen LogP contribution < -0.4 is 5.32 Å². The highest BCUT2D eigenvalue weighted by molar-refractivity contribution is 5.75. The molecule has 0 radical (unpaired) electrons. The fourth-order valence-corrected chi connectivity index (χ4v) is 0.487. The Morgan fingerprint density at radius 3 is 3.00 bits per heavy atom. The summed E-state index contributed by atoms with van der Waals surface area (Å²) in [5.74, 6) is -0.707. The molecule has 11 heavy (non-hydrogen) atoms. The maximum atomic E-state index is 10.3. The molecule has 0 saturated carbocycles. The van der Waals surface area contributed by atoms with Gasteiger partial charge in [0.05, 0.1) is 0 Å². The van der Waals surface area contributed by atoms with Gasteiger partial charge in [-0.25, -0.2) is 5.10 Å². The Kier molecular flexibility index (Phi) is 2.00. The van der Waals surface area contributed by atoms with E-state index in [0.29, 0.717) is 0 Å². The molecule has 1 heterocycles. The Morgan fingerprint density at radius 1 is 1.82 bits per heavy atom. The van der Waals surface area contributed by atoms with E-state index in [0.717, 1.165) is 0 Å². The number of nitrogens with one attached hydrogen (secondary N) is 2. The van der Waals surface area contributed by atoms with Crippen molar-refractivity contribution in [3.63, 3.8) is 0 Å². The average Bonchev–Trinajstić information content (AvgIpc) is 2.39. The van der Waals surface area contributed by atoms with Crippen LogP contribution in [0.2, 0.25) is 0 Å². The third kappa shape index (κ3) is 1.88. The lowest BCUT2D eigenvalue weighted by atomic mass is 10.3. The summed E-state index contributed by atoms with van der Waals surface area (Å²) in [7, 11) is 0. The number of tetrazole rings is 1. The number of carboxylic acid groups (broad SMARTS) is 1. The number of aliphatic carboxylic acids is 1. The van der Waals surface area contributed by atoms with Crippen molar-refractivity contribution in [2.45, 2.75) is 13.0 Å². The van der Waals surface area contributed by atoms with Crippen molar-refractivity contribution in [3.05, 3.63) is 0 Å². The highest BCUT2D eigenvalue weighted by Gasteiger charge is 2.10. The Labute approximate surface area is 61.8 Å². The maximum absolute atomic E-state index is 10.3. The van der Waals surface area contributed by atoms with Gasteiger partial charge in [-0.3, -0.25) is 4.79 Å². The number of carbonyl (C=O) groups is 1. The first kappa shape index (κ1) is 7.45.